The van der Waals surface area contributed by atoms with Gasteiger partial charge in [0.2, 0.25) is 0 Å². The topological polar surface area (TPSA) is 53.3 Å². The number of nitrogens with one attached hydrogen (secondary N) is 2. The largest absolute Gasteiger partial charge is 0.371 e. The number of benzene rings is 1. The summed E-state index contributed by atoms with van der Waals surface area (Å²) in [5.74, 6) is 0. The standard InChI is InChI=1S/C18H30N4S/c1-18(2,3)13-20-17(23)21-15-6-7-16-14(12-15)8-11-22(16)10-5-4-9-19/h6-7,12H,4-5,8-11,13,19H2,1-3H3,(H2,20,21,23). The highest BCUT2D eigenvalue weighted by molar-refractivity contribution is 7.80. The van der Waals surface area contributed by atoms with Crippen molar-refractivity contribution in [2.45, 2.75) is 40.0 Å². The van der Waals surface area contributed by atoms with Crippen LogP contribution < -0.4 is 21.3 Å². The molecule has 5 heteroatoms. The number of fused-ring (bicyclic) bond motifs is 1. The highest BCUT2D eigenvalue weighted by Gasteiger charge is 2.19. The summed E-state index contributed by atoms with van der Waals surface area (Å²) in [7, 11) is 0. The minimum atomic E-state index is 0.216. The van der Waals surface area contributed by atoms with E-state index in [0.717, 1.165) is 51.1 Å². The van der Waals surface area contributed by atoms with E-state index in [9.17, 15) is 0 Å². The summed E-state index contributed by atoms with van der Waals surface area (Å²) in [6.07, 6.45) is 3.37. The lowest BCUT2D eigenvalue weighted by molar-refractivity contribution is 0.409. The van der Waals surface area contributed by atoms with Gasteiger partial charge in [-0.05, 0) is 67.2 Å². The molecular weight excluding hydrogens is 304 g/mol. The lowest BCUT2D eigenvalue weighted by Crippen LogP contribution is -2.35. The summed E-state index contributed by atoms with van der Waals surface area (Å²) in [5, 5.41) is 7.27. The van der Waals surface area contributed by atoms with E-state index in [2.05, 4.69) is 54.5 Å². The molecule has 0 aliphatic carbocycles. The molecule has 1 aromatic rings. The van der Waals surface area contributed by atoms with Gasteiger partial charge in [0.25, 0.3) is 0 Å². The van der Waals surface area contributed by atoms with Crippen LogP contribution in [0.15, 0.2) is 18.2 Å². The molecule has 0 amide bonds. The molecule has 1 aromatic carbocycles. The van der Waals surface area contributed by atoms with Gasteiger partial charge in [-0.2, -0.15) is 0 Å². The number of hydrogen-bond donors (Lipinski definition) is 3. The van der Waals surface area contributed by atoms with Crippen molar-refractivity contribution in [1.29, 1.82) is 0 Å². The Labute approximate surface area is 145 Å². The van der Waals surface area contributed by atoms with Crippen LogP contribution >= 0.6 is 12.2 Å². The summed E-state index contributed by atoms with van der Waals surface area (Å²) in [6, 6.07) is 6.55. The minimum absolute atomic E-state index is 0.216. The van der Waals surface area contributed by atoms with E-state index >= 15 is 0 Å². The maximum Gasteiger partial charge on any atom is 0.170 e. The molecule has 0 radical (unpaired) electrons. The molecule has 128 valence electrons. The maximum absolute atomic E-state index is 5.58. The molecule has 1 aliphatic heterocycles. The Balaban J connectivity index is 1.90. The Morgan fingerprint density at radius 3 is 2.78 bits per heavy atom. The van der Waals surface area contributed by atoms with Gasteiger partial charge in [-0.3, -0.25) is 0 Å². The van der Waals surface area contributed by atoms with Crippen LogP contribution in [0, 0.1) is 5.41 Å². The molecule has 0 aromatic heterocycles. The Hall–Kier alpha value is -1.33. The number of hydrogen-bond acceptors (Lipinski definition) is 3. The molecule has 1 aliphatic rings. The molecule has 0 unspecified atom stereocenters. The summed E-state index contributed by atoms with van der Waals surface area (Å²) in [6.45, 7) is 10.4. The van der Waals surface area contributed by atoms with E-state index in [1.165, 1.54) is 11.3 Å². The fourth-order valence-electron chi connectivity index (χ4n) is 2.75. The Morgan fingerprint density at radius 2 is 2.09 bits per heavy atom. The molecule has 0 fully saturated rings. The van der Waals surface area contributed by atoms with E-state index in [-0.39, 0.29) is 5.41 Å². The predicted octanol–water partition coefficient (Wildman–Crippen LogP) is 3.12. The average Bonchev–Trinajstić information content (AvgIpc) is 2.87. The van der Waals surface area contributed by atoms with Crippen molar-refractivity contribution in [3.63, 3.8) is 0 Å². The predicted molar refractivity (Wildman–Crippen MR) is 104 cm³/mol. The lowest BCUT2D eigenvalue weighted by atomic mass is 9.97. The first-order valence-corrected chi connectivity index (χ1v) is 8.93. The van der Waals surface area contributed by atoms with E-state index in [0.29, 0.717) is 5.11 Å². The molecule has 23 heavy (non-hydrogen) atoms. The highest BCUT2D eigenvalue weighted by atomic mass is 32.1. The minimum Gasteiger partial charge on any atom is -0.371 e. The fraction of sp³-hybridized carbons (Fsp3) is 0.611. The first-order chi connectivity index (χ1) is 10.9. The van der Waals surface area contributed by atoms with E-state index in [4.69, 9.17) is 18.0 Å². The summed E-state index contributed by atoms with van der Waals surface area (Å²) < 4.78 is 0. The zero-order valence-corrected chi connectivity index (χ0v) is 15.4. The van der Waals surface area contributed by atoms with E-state index in [1.807, 2.05) is 0 Å². The van der Waals surface area contributed by atoms with Gasteiger partial charge < -0.3 is 21.3 Å². The third-order valence-electron chi connectivity index (χ3n) is 3.99. The summed E-state index contributed by atoms with van der Waals surface area (Å²) in [4.78, 5) is 2.46. The Morgan fingerprint density at radius 1 is 1.30 bits per heavy atom. The number of nitrogens with two attached hydrogens (primary N) is 1. The van der Waals surface area contributed by atoms with Gasteiger partial charge in [-0.15, -0.1) is 0 Å². The number of unbranched alkanes of at least 4 members (excludes halogenated alkanes) is 1. The van der Waals surface area contributed by atoms with Crippen LogP contribution in [0.25, 0.3) is 0 Å². The van der Waals surface area contributed by atoms with Gasteiger partial charge in [0, 0.05) is 31.0 Å². The van der Waals surface area contributed by atoms with Crippen molar-refractivity contribution in [1.82, 2.24) is 5.32 Å². The van der Waals surface area contributed by atoms with Crippen LogP contribution in [0.3, 0.4) is 0 Å². The van der Waals surface area contributed by atoms with Crippen LogP contribution in [0.4, 0.5) is 11.4 Å². The molecule has 4 N–H and O–H groups in total. The molecule has 0 atom stereocenters. The van der Waals surface area contributed by atoms with Crippen LogP contribution in [0.1, 0.15) is 39.2 Å². The van der Waals surface area contributed by atoms with Crippen molar-refractivity contribution in [3.8, 4) is 0 Å². The third-order valence-corrected chi connectivity index (χ3v) is 4.24. The Kier molecular flexibility index (Phi) is 6.25. The number of anilines is 2. The number of thiocarbonyl (C=S) groups is 1. The van der Waals surface area contributed by atoms with Crippen LogP contribution in [-0.4, -0.2) is 31.3 Å². The molecule has 1 heterocycles. The monoisotopic (exact) mass is 334 g/mol. The second kappa shape index (κ2) is 7.97. The van der Waals surface area contributed by atoms with Gasteiger partial charge in [0.05, 0.1) is 0 Å². The first-order valence-electron chi connectivity index (χ1n) is 8.52. The molecule has 0 saturated carbocycles. The molecular formula is C18H30N4S. The molecule has 0 spiro atoms. The van der Waals surface area contributed by atoms with Crippen LogP contribution in [0.5, 0.6) is 0 Å². The quantitative estimate of drug-likeness (QED) is 0.551. The molecule has 0 bridgehead atoms. The third kappa shape index (κ3) is 5.66. The van der Waals surface area contributed by atoms with E-state index < -0.39 is 0 Å². The highest BCUT2D eigenvalue weighted by Crippen LogP contribution is 2.30. The summed E-state index contributed by atoms with van der Waals surface area (Å²) >= 11 is 5.38. The molecule has 4 nitrogen and oxygen atoms in total. The normalized spacial score (nSPS) is 13.8. The average molecular weight is 335 g/mol. The van der Waals surface area contributed by atoms with Crippen molar-refractivity contribution < 1.29 is 0 Å². The van der Waals surface area contributed by atoms with Gasteiger partial charge >= 0.3 is 0 Å². The van der Waals surface area contributed by atoms with Gasteiger partial charge in [0.1, 0.15) is 0 Å². The fourth-order valence-corrected chi connectivity index (χ4v) is 2.94. The SMILES string of the molecule is CC(C)(C)CNC(=S)Nc1ccc2c(c1)CCN2CCCCN. The van der Waals surface area contributed by atoms with Gasteiger partial charge in [0.15, 0.2) is 5.11 Å². The van der Waals surface area contributed by atoms with E-state index in [1.54, 1.807) is 0 Å². The van der Waals surface area contributed by atoms with Gasteiger partial charge in [-0.25, -0.2) is 0 Å². The molecule has 0 saturated heterocycles. The lowest BCUT2D eigenvalue weighted by Gasteiger charge is -2.21. The number of rotatable bonds is 6. The van der Waals surface area contributed by atoms with Crippen LogP contribution in [0.2, 0.25) is 0 Å². The van der Waals surface area contributed by atoms with Crippen molar-refractivity contribution in [3.05, 3.63) is 23.8 Å². The summed E-state index contributed by atoms with van der Waals surface area (Å²) in [5.41, 5.74) is 9.63. The van der Waals surface area contributed by atoms with Crippen LogP contribution in [-0.2, 0) is 6.42 Å². The van der Waals surface area contributed by atoms with Crippen molar-refractivity contribution >= 4 is 28.7 Å². The maximum atomic E-state index is 5.58. The second-order valence-corrected chi connectivity index (χ2v) is 7.85. The molecule has 2 rings (SSSR count). The van der Waals surface area contributed by atoms with Crippen molar-refractivity contribution in [2.75, 3.05) is 36.4 Å². The zero-order chi connectivity index (χ0) is 16.9. The smallest absolute Gasteiger partial charge is 0.170 e. The number of nitrogens with zero attached hydrogens (tertiary/aromatic N) is 1. The Bertz CT molecular complexity index is 536. The zero-order valence-electron chi connectivity index (χ0n) is 14.6. The first kappa shape index (κ1) is 18.0. The van der Waals surface area contributed by atoms with Gasteiger partial charge in [-0.1, -0.05) is 20.8 Å². The second-order valence-electron chi connectivity index (χ2n) is 7.44. The van der Waals surface area contributed by atoms with Crippen molar-refractivity contribution in [2.24, 2.45) is 11.1 Å².